The van der Waals surface area contributed by atoms with Crippen LogP contribution in [0, 0.1) is 14.9 Å². The zero-order chi connectivity index (χ0) is 17.0. The van der Waals surface area contributed by atoms with E-state index in [4.69, 9.17) is 12.2 Å². The number of phenols is 2. The summed E-state index contributed by atoms with van der Waals surface area (Å²) >= 11 is 5.08. The number of aromatic amines is 1. The molecule has 0 saturated carbocycles. The number of nitro groups is 1. The molecule has 122 valence electrons. The summed E-state index contributed by atoms with van der Waals surface area (Å²) in [7, 11) is 0. The first kappa shape index (κ1) is 16.6. The number of unbranched alkanes of at least 4 members (excludes halogenated alkanes) is 1. The molecule has 23 heavy (non-hydrogen) atoms. The van der Waals surface area contributed by atoms with Gasteiger partial charge in [0, 0.05) is 24.1 Å². The van der Waals surface area contributed by atoms with Gasteiger partial charge in [-0.25, -0.2) is 0 Å². The first-order chi connectivity index (χ1) is 10.9. The van der Waals surface area contributed by atoms with Crippen molar-refractivity contribution in [1.82, 2.24) is 14.9 Å². The number of phenolic OH excluding ortho intramolecular Hbond substituents is 2. The Morgan fingerprint density at radius 3 is 2.87 bits per heavy atom. The number of nitrogens with one attached hydrogen (secondary N) is 1. The van der Waals surface area contributed by atoms with Gasteiger partial charge in [-0.2, -0.15) is 14.9 Å². The fourth-order valence-corrected chi connectivity index (χ4v) is 2.09. The predicted octanol–water partition coefficient (Wildman–Crippen LogP) is 2.48. The molecule has 0 fully saturated rings. The van der Waals surface area contributed by atoms with E-state index in [2.05, 4.69) is 15.3 Å². The monoisotopic (exact) mass is 337 g/mol. The highest BCUT2D eigenvalue weighted by molar-refractivity contribution is 7.71. The van der Waals surface area contributed by atoms with E-state index in [-0.39, 0.29) is 16.1 Å². The van der Waals surface area contributed by atoms with Crippen LogP contribution in [-0.2, 0) is 6.42 Å². The number of aromatic nitrogens is 3. The Bertz CT molecular complexity index is 811. The third-order valence-corrected chi connectivity index (χ3v) is 3.37. The average Bonchev–Trinajstić information content (AvgIpc) is 2.84. The topological polar surface area (TPSA) is 130 Å². The third-order valence-electron chi connectivity index (χ3n) is 3.10. The van der Waals surface area contributed by atoms with Gasteiger partial charge in [-0.05, 0) is 18.6 Å². The SMILES string of the molecule is CCCCc1n[nH]c(=S)n1/N=C\c1cc([N+](=O)[O-])c(O)cc1O. The van der Waals surface area contributed by atoms with Crippen LogP contribution in [0.15, 0.2) is 17.2 Å². The summed E-state index contributed by atoms with van der Waals surface area (Å²) in [6.45, 7) is 2.04. The molecule has 0 atom stereocenters. The van der Waals surface area contributed by atoms with E-state index in [0.717, 1.165) is 25.0 Å². The molecule has 1 aromatic carbocycles. The van der Waals surface area contributed by atoms with Crippen LogP contribution in [0.4, 0.5) is 5.69 Å². The smallest absolute Gasteiger partial charge is 0.311 e. The van der Waals surface area contributed by atoms with Crippen molar-refractivity contribution < 1.29 is 15.1 Å². The lowest BCUT2D eigenvalue weighted by Crippen LogP contribution is -1.99. The minimum Gasteiger partial charge on any atom is -0.507 e. The number of H-pyrrole nitrogens is 1. The molecule has 0 saturated heterocycles. The second-order valence-electron chi connectivity index (χ2n) is 4.76. The molecule has 1 aromatic heterocycles. The maximum atomic E-state index is 10.8. The quantitative estimate of drug-likeness (QED) is 0.321. The Balaban J connectivity index is 2.38. The second-order valence-corrected chi connectivity index (χ2v) is 5.15. The van der Waals surface area contributed by atoms with Crippen LogP contribution in [0.5, 0.6) is 11.5 Å². The van der Waals surface area contributed by atoms with E-state index in [1.165, 1.54) is 10.9 Å². The van der Waals surface area contributed by atoms with E-state index in [9.17, 15) is 20.3 Å². The van der Waals surface area contributed by atoms with Gasteiger partial charge in [-0.3, -0.25) is 15.2 Å². The number of aryl methyl sites for hydroxylation is 1. The summed E-state index contributed by atoms with van der Waals surface area (Å²) in [6, 6.07) is 1.93. The molecule has 0 aliphatic carbocycles. The lowest BCUT2D eigenvalue weighted by atomic mass is 10.2. The number of hydrogen-bond donors (Lipinski definition) is 3. The van der Waals surface area contributed by atoms with Crippen LogP contribution in [0.25, 0.3) is 0 Å². The summed E-state index contributed by atoms with van der Waals surface area (Å²) in [5.74, 6) is -0.323. The van der Waals surface area contributed by atoms with Gasteiger partial charge in [-0.15, -0.1) is 0 Å². The molecule has 9 nitrogen and oxygen atoms in total. The van der Waals surface area contributed by atoms with E-state index in [0.29, 0.717) is 12.2 Å². The van der Waals surface area contributed by atoms with Crippen molar-refractivity contribution in [2.75, 3.05) is 0 Å². The van der Waals surface area contributed by atoms with Crippen molar-refractivity contribution in [3.8, 4) is 11.5 Å². The van der Waals surface area contributed by atoms with Gasteiger partial charge in [0.15, 0.2) is 11.6 Å². The van der Waals surface area contributed by atoms with Crippen molar-refractivity contribution in [2.45, 2.75) is 26.2 Å². The molecule has 0 aliphatic rings. The van der Waals surface area contributed by atoms with E-state index < -0.39 is 16.4 Å². The number of nitro benzene ring substituents is 1. The Morgan fingerprint density at radius 2 is 2.22 bits per heavy atom. The summed E-state index contributed by atoms with van der Waals surface area (Å²) in [5, 5.41) is 40.8. The van der Waals surface area contributed by atoms with E-state index in [1.807, 2.05) is 6.92 Å². The van der Waals surface area contributed by atoms with Gasteiger partial charge >= 0.3 is 5.69 Å². The van der Waals surface area contributed by atoms with Crippen LogP contribution >= 0.6 is 12.2 Å². The normalized spacial score (nSPS) is 11.2. The summed E-state index contributed by atoms with van der Waals surface area (Å²) in [5.41, 5.74) is -0.440. The van der Waals surface area contributed by atoms with E-state index in [1.54, 1.807) is 0 Å². The molecular weight excluding hydrogens is 322 g/mol. The summed E-state index contributed by atoms with van der Waals surface area (Å²) in [6.07, 6.45) is 3.78. The Hall–Kier alpha value is -2.75. The Kier molecular flexibility index (Phi) is 5.06. The van der Waals surface area contributed by atoms with Crippen LogP contribution < -0.4 is 0 Å². The minimum absolute atomic E-state index is 0.0824. The zero-order valence-electron chi connectivity index (χ0n) is 12.3. The number of hydrogen-bond acceptors (Lipinski definition) is 7. The largest absolute Gasteiger partial charge is 0.507 e. The lowest BCUT2D eigenvalue weighted by Gasteiger charge is -2.02. The van der Waals surface area contributed by atoms with Gasteiger partial charge in [0.2, 0.25) is 4.77 Å². The van der Waals surface area contributed by atoms with Crippen molar-refractivity contribution >= 4 is 24.1 Å². The highest BCUT2D eigenvalue weighted by Crippen LogP contribution is 2.32. The van der Waals surface area contributed by atoms with Gasteiger partial charge in [0.1, 0.15) is 5.75 Å². The van der Waals surface area contributed by atoms with Crippen LogP contribution in [-0.4, -0.2) is 36.2 Å². The minimum atomic E-state index is -0.748. The molecule has 3 N–H and O–H groups in total. The standard InChI is InChI=1S/C13H15N5O4S/c1-2-3-4-12-15-16-13(23)17(12)14-7-8-5-9(18(21)22)11(20)6-10(8)19/h5-7,19-20H,2-4H2,1H3,(H,16,23)/b14-7-. The number of nitrogens with zero attached hydrogens (tertiary/aromatic N) is 4. The predicted molar refractivity (Wildman–Crippen MR) is 85.4 cm³/mol. The van der Waals surface area contributed by atoms with Crippen LogP contribution in [0.2, 0.25) is 0 Å². The third kappa shape index (κ3) is 3.72. The van der Waals surface area contributed by atoms with Crippen LogP contribution in [0.1, 0.15) is 31.2 Å². The molecule has 0 unspecified atom stereocenters. The number of benzene rings is 1. The van der Waals surface area contributed by atoms with Crippen molar-refractivity contribution in [3.05, 3.63) is 38.4 Å². The molecule has 0 aliphatic heterocycles. The fraction of sp³-hybridized carbons (Fsp3) is 0.308. The van der Waals surface area contributed by atoms with Crippen LogP contribution in [0.3, 0.4) is 0 Å². The molecule has 1 heterocycles. The summed E-state index contributed by atoms with van der Waals surface area (Å²) < 4.78 is 1.67. The van der Waals surface area contributed by atoms with Crippen molar-refractivity contribution in [3.63, 3.8) is 0 Å². The first-order valence-electron chi connectivity index (χ1n) is 6.85. The molecule has 0 radical (unpaired) electrons. The fourth-order valence-electron chi connectivity index (χ4n) is 1.89. The number of aromatic hydroxyl groups is 2. The highest BCUT2D eigenvalue weighted by Gasteiger charge is 2.16. The maximum absolute atomic E-state index is 10.8. The van der Waals surface area contributed by atoms with Gasteiger partial charge < -0.3 is 10.2 Å². The average molecular weight is 337 g/mol. The molecule has 10 heteroatoms. The molecule has 0 amide bonds. The molecular formula is C13H15N5O4S. The summed E-state index contributed by atoms with van der Waals surface area (Å²) in [4.78, 5) is 10.1. The molecule has 0 spiro atoms. The van der Waals surface area contributed by atoms with E-state index >= 15 is 0 Å². The Labute approximate surface area is 136 Å². The van der Waals surface area contributed by atoms with Gasteiger partial charge in [-0.1, -0.05) is 13.3 Å². The molecule has 0 bridgehead atoms. The van der Waals surface area contributed by atoms with Crippen molar-refractivity contribution in [2.24, 2.45) is 5.10 Å². The highest BCUT2D eigenvalue weighted by atomic mass is 32.1. The first-order valence-corrected chi connectivity index (χ1v) is 7.26. The Morgan fingerprint density at radius 1 is 1.48 bits per heavy atom. The second kappa shape index (κ2) is 7.01. The zero-order valence-corrected chi connectivity index (χ0v) is 13.1. The van der Waals surface area contributed by atoms with Gasteiger partial charge in [0.25, 0.3) is 0 Å². The lowest BCUT2D eigenvalue weighted by molar-refractivity contribution is -0.385. The van der Waals surface area contributed by atoms with Crippen molar-refractivity contribution in [1.29, 1.82) is 0 Å². The van der Waals surface area contributed by atoms with Gasteiger partial charge in [0.05, 0.1) is 11.1 Å². The number of rotatable bonds is 6. The molecule has 2 rings (SSSR count). The molecule has 2 aromatic rings. The maximum Gasteiger partial charge on any atom is 0.311 e.